The van der Waals surface area contributed by atoms with E-state index in [4.69, 9.17) is 23.2 Å². The second kappa shape index (κ2) is 4.71. The van der Waals surface area contributed by atoms with Gasteiger partial charge in [0.25, 0.3) is 5.24 Å². The minimum Gasteiger partial charge on any atom is -0.398 e. The Morgan fingerprint density at radius 3 is 2.62 bits per heavy atom. The first-order valence-corrected chi connectivity index (χ1v) is 6.51. The Bertz CT molecular complexity index is 542. The maximum absolute atomic E-state index is 11.1. The smallest absolute Gasteiger partial charge is 0.275 e. The van der Waals surface area contributed by atoms with Crippen LogP contribution in [0.5, 0.6) is 0 Å². The number of carbonyl (C=O) groups is 1. The average Bonchev–Trinajstić information content (AvgIpc) is 2.70. The van der Waals surface area contributed by atoms with Crippen LogP contribution in [0, 0.1) is 0 Å². The van der Waals surface area contributed by atoms with Crippen molar-refractivity contribution in [2.24, 2.45) is 5.16 Å². The Hall–Kier alpha value is -0.620. The number of carbonyl (C=O) groups excluding carboxylic acids is 1. The molecular weight excluding hydrogens is 289 g/mol. The molecule has 0 fully saturated rings. The number of nitrogens with zero attached hydrogens (tertiary/aromatic N) is 1. The average molecular weight is 294 g/mol. The summed E-state index contributed by atoms with van der Waals surface area (Å²) in [7, 11) is 1.37. The quantitative estimate of drug-likeness (QED) is 0.491. The minimum absolute atomic E-state index is 0.119. The molecule has 0 spiro atoms. The first kappa shape index (κ1) is 11.9. The first-order chi connectivity index (χ1) is 7.61. The lowest BCUT2D eigenvalue weighted by molar-refractivity contribution is -0.106. The van der Waals surface area contributed by atoms with Gasteiger partial charge in [0.15, 0.2) is 5.71 Å². The number of hydrogen-bond acceptors (Lipinski definition) is 5. The van der Waals surface area contributed by atoms with Crippen molar-refractivity contribution >= 4 is 66.2 Å². The van der Waals surface area contributed by atoms with Gasteiger partial charge >= 0.3 is 0 Å². The number of fused-ring (bicyclic) bond motifs is 1. The van der Waals surface area contributed by atoms with Gasteiger partial charge in [-0.25, -0.2) is 0 Å². The van der Waals surface area contributed by atoms with Crippen LogP contribution in [0.2, 0.25) is 4.34 Å². The van der Waals surface area contributed by atoms with E-state index in [9.17, 15) is 4.79 Å². The highest BCUT2D eigenvalue weighted by molar-refractivity contribution is 7.30. The number of hydrogen-bond donors (Lipinski definition) is 0. The van der Waals surface area contributed by atoms with Gasteiger partial charge in [-0.05, 0) is 23.7 Å². The number of oxime groups is 1. The second-order valence-corrected chi connectivity index (χ2v) is 5.93. The van der Waals surface area contributed by atoms with Crippen molar-refractivity contribution in [1.29, 1.82) is 0 Å². The van der Waals surface area contributed by atoms with Crippen LogP contribution in [-0.4, -0.2) is 18.1 Å². The normalized spacial score (nSPS) is 12.1. The molecule has 3 nitrogen and oxygen atoms in total. The fourth-order valence-electron chi connectivity index (χ4n) is 1.19. The summed E-state index contributed by atoms with van der Waals surface area (Å²) in [6, 6.07) is 3.67. The summed E-state index contributed by atoms with van der Waals surface area (Å²) in [6.07, 6.45) is 0. The first-order valence-electron chi connectivity index (χ1n) is 4.12. The predicted molar refractivity (Wildman–Crippen MR) is 69.1 cm³/mol. The zero-order chi connectivity index (χ0) is 11.7. The molecule has 0 aliphatic carbocycles. The highest BCUT2D eigenvalue weighted by Gasteiger charge is 2.16. The van der Waals surface area contributed by atoms with Crippen LogP contribution >= 0.6 is 45.9 Å². The summed E-state index contributed by atoms with van der Waals surface area (Å²) in [5, 5.41) is 2.97. The SMILES string of the molecule is CO/N=C(/C(=O)Cl)c1cc2sc(Cl)cc2s1. The molecule has 0 saturated carbocycles. The van der Waals surface area contributed by atoms with E-state index in [0.717, 1.165) is 13.7 Å². The number of halogens is 2. The summed E-state index contributed by atoms with van der Waals surface area (Å²) in [5.41, 5.74) is 0.119. The lowest BCUT2D eigenvalue weighted by Crippen LogP contribution is -2.07. The van der Waals surface area contributed by atoms with Crippen LogP contribution in [0.25, 0.3) is 9.40 Å². The van der Waals surface area contributed by atoms with Gasteiger partial charge in [0.2, 0.25) is 0 Å². The molecule has 2 aromatic heterocycles. The van der Waals surface area contributed by atoms with E-state index in [1.165, 1.54) is 29.8 Å². The van der Waals surface area contributed by atoms with Gasteiger partial charge in [-0.2, -0.15) is 0 Å². The molecule has 0 aliphatic rings. The summed E-state index contributed by atoms with van der Waals surface area (Å²) < 4.78 is 2.73. The third kappa shape index (κ3) is 2.22. The largest absolute Gasteiger partial charge is 0.398 e. The van der Waals surface area contributed by atoms with E-state index in [0.29, 0.717) is 4.88 Å². The molecule has 0 unspecified atom stereocenters. The summed E-state index contributed by atoms with van der Waals surface area (Å²) in [5.74, 6) is 0. The zero-order valence-corrected chi connectivity index (χ0v) is 11.1. The fourth-order valence-corrected chi connectivity index (χ4v) is 3.91. The number of rotatable bonds is 3. The molecule has 0 saturated heterocycles. The third-order valence-electron chi connectivity index (χ3n) is 1.78. The highest BCUT2D eigenvalue weighted by atomic mass is 35.5. The molecule has 0 radical (unpaired) electrons. The molecule has 16 heavy (non-hydrogen) atoms. The maximum atomic E-state index is 11.1. The summed E-state index contributed by atoms with van der Waals surface area (Å²) in [6.45, 7) is 0. The van der Waals surface area contributed by atoms with Crippen molar-refractivity contribution in [3.8, 4) is 0 Å². The standard InChI is InChI=1S/C9H5Cl2NO2S2/c1-14-12-8(9(11)13)6-2-4-5(15-6)3-7(10)16-4/h2-3H,1H3/b12-8+. The minimum atomic E-state index is -0.637. The predicted octanol–water partition coefficient (Wildman–Crippen LogP) is 3.73. The van der Waals surface area contributed by atoms with Gasteiger partial charge in [-0.1, -0.05) is 16.8 Å². The van der Waals surface area contributed by atoms with Crippen LogP contribution in [0.15, 0.2) is 17.3 Å². The maximum Gasteiger partial charge on any atom is 0.275 e. The van der Waals surface area contributed by atoms with E-state index < -0.39 is 5.24 Å². The molecule has 0 atom stereocenters. The molecule has 2 heterocycles. The Morgan fingerprint density at radius 1 is 1.38 bits per heavy atom. The van der Waals surface area contributed by atoms with Gasteiger partial charge in [-0.3, -0.25) is 4.79 Å². The lowest BCUT2D eigenvalue weighted by Gasteiger charge is -1.94. The Kier molecular flexibility index (Phi) is 3.49. The molecule has 0 bridgehead atoms. The van der Waals surface area contributed by atoms with Gasteiger partial charge < -0.3 is 4.84 Å². The van der Waals surface area contributed by atoms with Crippen molar-refractivity contribution < 1.29 is 9.63 Å². The molecule has 0 aromatic carbocycles. The van der Waals surface area contributed by atoms with Gasteiger partial charge in [0.1, 0.15) is 7.11 Å². The van der Waals surface area contributed by atoms with Crippen molar-refractivity contribution in [1.82, 2.24) is 0 Å². The second-order valence-electron chi connectivity index (χ2n) is 2.79. The topological polar surface area (TPSA) is 38.7 Å². The third-order valence-corrected chi connectivity index (χ3v) is 4.39. The van der Waals surface area contributed by atoms with E-state index in [2.05, 4.69) is 9.99 Å². The molecule has 2 aromatic rings. The molecular formula is C9H5Cl2NO2S2. The molecule has 84 valence electrons. The molecule has 0 N–H and O–H groups in total. The van der Waals surface area contributed by atoms with E-state index in [1.807, 2.05) is 12.1 Å². The van der Waals surface area contributed by atoms with Crippen molar-refractivity contribution in [2.75, 3.05) is 7.11 Å². The van der Waals surface area contributed by atoms with E-state index >= 15 is 0 Å². The van der Waals surface area contributed by atoms with Crippen LogP contribution in [0.1, 0.15) is 4.88 Å². The van der Waals surface area contributed by atoms with E-state index in [-0.39, 0.29) is 5.71 Å². The van der Waals surface area contributed by atoms with Crippen molar-refractivity contribution in [3.63, 3.8) is 0 Å². The van der Waals surface area contributed by atoms with E-state index in [1.54, 1.807) is 0 Å². The molecule has 7 heteroatoms. The molecule has 2 rings (SSSR count). The van der Waals surface area contributed by atoms with Crippen molar-refractivity contribution in [2.45, 2.75) is 0 Å². The monoisotopic (exact) mass is 293 g/mol. The van der Waals surface area contributed by atoms with Crippen LogP contribution in [-0.2, 0) is 9.63 Å². The molecule has 0 aliphatic heterocycles. The lowest BCUT2D eigenvalue weighted by atomic mass is 10.3. The van der Waals surface area contributed by atoms with Crippen molar-refractivity contribution in [3.05, 3.63) is 21.3 Å². The molecule has 0 amide bonds. The summed E-state index contributed by atoms with van der Waals surface area (Å²) >= 11 is 14.1. The van der Waals surface area contributed by atoms with Gasteiger partial charge in [0, 0.05) is 9.40 Å². The zero-order valence-electron chi connectivity index (χ0n) is 7.99. The highest BCUT2D eigenvalue weighted by Crippen LogP contribution is 2.36. The van der Waals surface area contributed by atoms with Gasteiger partial charge in [-0.15, -0.1) is 22.7 Å². The van der Waals surface area contributed by atoms with Crippen LogP contribution in [0.3, 0.4) is 0 Å². The van der Waals surface area contributed by atoms with Crippen LogP contribution < -0.4 is 0 Å². The van der Waals surface area contributed by atoms with Gasteiger partial charge in [0.05, 0.1) is 9.21 Å². The fraction of sp³-hybridized carbons (Fsp3) is 0.111. The summed E-state index contributed by atoms with van der Waals surface area (Å²) in [4.78, 5) is 16.4. The Labute approximate surface area is 109 Å². The Morgan fingerprint density at radius 2 is 2.06 bits per heavy atom. The Balaban J connectivity index is 2.49. The number of thiophene rings is 2. The van der Waals surface area contributed by atoms with Crippen LogP contribution in [0.4, 0.5) is 0 Å².